The van der Waals surface area contributed by atoms with Gasteiger partial charge in [0.25, 0.3) is 0 Å². The Morgan fingerprint density at radius 2 is 1.50 bits per heavy atom. The summed E-state index contributed by atoms with van der Waals surface area (Å²) in [5.74, 6) is 0. The van der Waals surface area contributed by atoms with Gasteiger partial charge in [0.2, 0.25) is 0 Å². The Kier molecular flexibility index (Phi) is 7.36. The second-order valence-corrected chi connectivity index (χ2v) is 9.08. The zero-order valence-electron chi connectivity index (χ0n) is 16.9. The minimum atomic E-state index is 0. The first kappa shape index (κ1) is 22.3. The fourth-order valence-electron chi connectivity index (χ4n) is 3.33. The number of nitrogens with zero attached hydrogens (tertiary/aromatic N) is 3. The summed E-state index contributed by atoms with van der Waals surface area (Å²) in [7, 11) is 0. The zero-order valence-corrected chi connectivity index (χ0v) is 21.0. The van der Waals surface area contributed by atoms with E-state index in [1.54, 1.807) is 18.6 Å². The summed E-state index contributed by atoms with van der Waals surface area (Å²) in [5, 5.41) is 2.68. The summed E-state index contributed by atoms with van der Waals surface area (Å²) in [6.45, 7) is 0. The van der Waals surface area contributed by atoms with Crippen LogP contribution >= 0.6 is 0 Å². The Morgan fingerprint density at radius 3 is 2.28 bits per heavy atom. The molecule has 4 heterocycles. The van der Waals surface area contributed by atoms with E-state index in [0.717, 1.165) is 22.5 Å². The molecule has 32 heavy (non-hydrogen) atoms. The van der Waals surface area contributed by atoms with Crippen LogP contribution < -0.4 is 0 Å². The number of fused-ring (bicyclic) bond motifs is 3. The molecule has 0 aliphatic heterocycles. The average Bonchev–Trinajstić information content (AvgIpc) is 3.24. The molecular formula is C27H17IrN3Se-2. The normalized spacial score (nSPS) is 10.2. The number of aromatic nitrogens is 3. The van der Waals surface area contributed by atoms with E-state index in [2.05, 4.69) is 57.4 Å². The van der Waals surface area contributed by atoms with Crippen molar-refractivity contribution >= 4 is 33.8 Å². The van der Waals surface area contributed by atoms with Crippen LogP contribution in [0.1, 0.15) is 0 Å². The second-order valence-electron chi connectivity index (χ2n) is 6.81. The summed E-state index contributed by atoms with van der Waals surface area (Å²) in [5.41, 5.74) is 3.97. The molecule has 0 saturated carbocycles. The van der Waals surface area contributed by atoms with Gasteiger partial charge in [0.15, 0.2) is 0 Å². The number of hydrogen-bond donors (Lipinski definition) is 0. The van der Waals surface area contributed by atoms with Crippen molar-refractivity contribution in [2.24, 2.45) is 0 Å². The van der Waals surface area contributed by atoms with Crippen LogP contribution in [0.5, 0.6) is 0 Å². The van der Waals surface area contributed by atoms with Crippen molar-refractivity contribution < 1.29 is 20.1 Å². The number of hydrogen-bond acceptors (Lipinski definition) is 3. The van der Waals surface area contributed by atoms with E-state index >= 15 is 0 Å². The summed E-state index contributed by atoms with van der Waals surface area (Å²) in [6, 6.07) is 32.7. The third-order valence-electron chi connectivity index (χ3n) is 4.81. The molecule has 3 nitrogen and oxygen atoms in total. The van der Waals surface area contributed by atoms with Crippen molar-refractivity contribution in [3.63, 3.8) is 0 Å². The van der Waals surface area contributed by atoms with Gasteiger partial charge in [0, 0.05) is 26.3 Å². The van der Waals surface area contributed by atoms with Crippen molar-refractivity contribution in [2.75, 3.05) is 0 Å². The van der Waals surface area contributed by atoms with Gasteiger partial charge in [-0.15, -0.1) is 35.9 Å². The number of benzene rings is 2. The summed E-state index contributed by atoms with van der Waals surface area (Å²) < 4.78 is 2.81. The minimum absolute atomic E-state index is 0. The molecular weight excluding hydrogens is 637 g/mol. The molecule has 2 aromatic carbocycles. The van der Waals surface area contributed by atoms with Crippen molar-refractivity contribution in [1.82, 2.24) is 15.0 Å². The molecule has 0 unspecified atom stereocenters. The predicted octanol–water partition coefficient (Wildman–Crippen LogP) is 5.85. The van der Waals surface area contributed by atoms with Crippen molar-refractivity contribution in [3.8, 4) is 22.5 Å². The molecule has 0 bridgehead atoms. The van der Waals surface area contributed by atoms with Gasteiger partial charge in [-0.1, -0.05) is 12.1 Å². The molecule has 0 spiro atoms. The molecule has 1 radical (unpaired) electrons. The molecule has 0 aliphatic rings. The summed E-state index contributed by atoms with van der Waals surface area (Å²) >= 11 is 0.388. The van der Waals surface area contributed by atoms with Gasteiger partial charge in [0.05, 0.1) is 0 Å². The van der Waals surface area contributed by atoms with E-state index in [-0.39, 0.29) is 20.1 Å². The van der Waals surface area contributed by atoms with Crippen molar-refractivity contribution in [3.05, 3.63) is 116 Å². The fraction of sp³-hybridized carbons (Fsp3) is 0. The standard InChI is InChI=1S/C16H9N2Se.C11H8N.Ir/c1-2-4-15-12(3-1)13-9-14(18-10-16(13)19-15)11-5-7-17-8-6-11;1-2-6-10(7-3-1)11-8-4-5-9-12-11;/h1-5,7-10H;1-6,8-9H;/q2*-1;. The summed E-state index contributed by atoms with van der Waals surface area (Å²) in [6.07, 6.45) is 7.26. The van der Waals surface area contributed by atoms with Crippen molar-refractivity contribution in [2.45, 2.75) is 0 Å². The third kappa shape index (κ3) is 4.93. The van der Waals surface area contributed by atoms with E-state index in [1.165, 1.54) is 19.3 Å². The Labute approximate surface area is 206 Å². The van der Waals surface area contributed by atoms with Gasteiger partial charge in [-0.3, -0.25) is 0 Å². The molecule has 6 aromatic rings. The maximum absolute atomic E-state index is 4.56. The second kappa shape index (κ2) is 10.6. The van der Waals surface area contributed by atoms with Gasteiger partial charge >= 0.3 is 116 Å². The molecule has 6 rings (SSSR count). The average molecular weight is 655 g/mol. The van der Waals surface area contributed by atoms with Crippen molar-refractivity contribution in [1.29, 1.82) is 0 Å². The van der Waals surface area contributed by atoms with Crippen LogP contribution in [0, 0.1) is 12.1 Å². The van der Waals surface area contributed by atoms with Crippen LogP contribution in [0.2, 0.25) is 0 Å². The van der Waals surface area contributed by atoms with E-state index in [4.69, 9.17) is 0 Å². The van der Waals surface area contributed by atoms with Crippen LogP contribution in [-0.4, -0.2) is 29.5 Å². The van der Waals surface area contributed by atoms with Crippen LogP contribution in [0.25, 0.3) is 41.8 Å². The van der Waals surface area contributed by atoms with Crippen LogP contribution in [0.4, 0.5) is 0 Å². The van der Waals surface area contributed by atoms with E-state index < -0.39 is 0 Å². The molecule has 5 heteroatoms. The first-order valence-corrected chi connectivity index (χ1v) is 11.6. The molecule has 0 N–H and O–H groups in total. The van der Waals surface area contributed by atoms with Crippen LogP contribution in [0.3, 0.4) is 0 Å². The molecule has 4 aromatic heterocycles. The molecule has 0 amide bonds. The summed E-state index contributed by atoms with van der Waals surface area (Å²) in [4.78, 5) is 12.8. The van der Waals surface area contributed by atoms with Gasteiger partial charge in [0.1, 0.15) is 0 Å². The Hall–Kier alpha value is -2.94. The molecule has 0 fully saturated rings. The number of rotatable bonds is 2. The first-order valence-electron chi connectivity index (χ1n) is 9.86. The van der Waals surface area contributed by atoms with Gasteiger partial charge in [-0.25, -0.2) is 0 Å². The van der Waals surface area contributed by atoms with E-state index in [0.29, 0.717) is 14.5 Å². The van der Waals surface area contributed by atoms with E-state index in [9.17, 15) is 0 Å². The van der Waals surface area contributed by atoms with Gasteiger partial charge < -0.3 is 4.98 Å². The molecule has 157 valence electrons. The van der Waals surface area contributed by atoms with E-state index in [1.807, 2.05) is 54.7 Å². The fourth-order valence-corrected chi connectivity index (χ4v) is 5.54. The van der Waals surface area contributed by atoms with Gasteiger partial charge in [-0.05, 0) is 11.8 Å². The van der Waals surface area contributed by atoms with Crippen LogP contribution in [0.15, 0.2) is 104 Å². The first-order chi connectivity index (χ1) is 15.4. The SMILES string of the molecule is [Ir].[c-]1ccccc1-c1ccccn1.[c-]1cnccc1-c1cc2c(cn1)[se]c1ccccc12. The molecule has 0 atom stereocenters. The number of pyridine rings is 3. The molecule has 0 aliphatic carbocycles. The predicted molar refractivity (Wildman–Crippen MR) is 127 cm³/mol. The maximum atomic E-state index is 4.56. The third-order valence-corrected chi connectivity index (χ3v) is 7.16. The zero-order chi connectivity index (χ0) is 20.9. The Morgan fingerprint density at radius 1 is 0.656 bits per heavy atom. The van der Waals surface area contributed by atoms with Crippen LogP contribution in [-0.2, 0) is 20.1 Å². The Balaban J connectivity index is 0.000000164. The molecule has 0 saturated heterocycles. The van der Waals surface area contributed by atoms with Gasteiger partial charge in [-0.2, -0.15) is 0 Å². The quantitative estimate of drug-likeness (QED) is 0.174. The Bertz CT molecular complexity index is 1380. The monoisotopic (exact) mass is 656 g/mol. The topological polar surface area (TPSA) is 38.7 Å².